The predicted octanol–water partition coefficient (Wildman–Crippen LogP) is 2.18. The third kappa shape index (κ3) is 2.10. The van der Waals surface area contributed by atoms with Crippen molar-refractivity contribution in [2.45, 2.75) is 6.92 Å². The van der Waals surface area contributed by atoms with Crippen molar-refractivity contribution in [2.24, 2.45) is 4.99 Å². The van der Waals surface area contributed by atoms with Gasteiger partial charge in [0.05, 0.1) is 6.54 Å². The van der Waals surface area contributed by atoms with Crippen LogP contribution in [0.3, 0.4) is 0 Å². The zero-order valence-corrected chi connectivity index (χ0v) is 8.59. The van der Waals surface area contributed by atoms with Gasteiger partial charge in [-0.15, -0.1) is 0 Å². The topological polar surface area (TPSA) is 41.4 Å². The Morgan fingerprint density at radius 2 is 1.94 bits per heavy atom. The number of hydrogen-bond acceptors (Lipinski definition) is 4. The Hall–Kier alpha value is -1.99. The first-order chi connectivity index (χ1) is 7.99. The van der Waals surface area contributed by atoms with Gasteiger partial charge in [-0.2, -0.15) is 23.1 Å². The number of hydrogen-bond donors (Lipinski definition) is 0. The second kappa shape index (κ2) is 4.11. The first-order valence-corrected chi connectivity index (χ1v) is 4.54. The van der Waals surface area contributed by atoms with E-state index in [1.54, 1.807) is 0 Å². The zero-order valence-electron chi connectivity index (χ0n) is 8.59. The summed E-state index contributed by atoms with van der Waals surface area (Å²) in [6.45, 7) is 0.757. The van der Waals surface area contributed by atoms with Crippen LogP contribution in [-0.2, 0) is 0 Å². The zero-order chi connectivity index (χ0) is 12.6. The molecule has 1 aromatic heterocycles. The molecule has 17 heavy (non-hydrogen) atoms. The van der Waals surface area contributed by atoms with Crippen molar-refractivity contribution >= 4 is 11.9 Å². The largest absolute Gasteiger partial charge is 0.310 e. The average Bonchev–Trinajstić information content (AvgIpc) is 2.27. The number of rotatable bonds is 1. The van der Waals surface area contributed by atoms with Gasteiger partial charge in [0.25, 0.3) is 6.09 Å². The molecule has 1 aromatic rings. The standard InChI is InChI=1S/C9H6F4N4/c1-4-2-14-8(12)16-7(4)17-3-5(10)6(11)15-9(17)13/h2H,3H2,1H3. The minimum absolute atomic E-state index is 0.193. The highest BCUT2D eigenvalue weighted by Crippen LogP contribution is 2.24. The van der Waals surface area contributed by atoms with Crippen molar-refractivity contribution in [3.05, 3.63) is 29.6 Å². The van der Waals surface area contributed by atoms with Gasteiger partial charge in [0.2, 0.25) is 5.95 Å². The Morgan fingerprint density at radius 3 is 2.65 bits per heavy atom. The molecule has 0 radical (unpaired) electrons. The number of amidine groups is 1. The molecule has 1 aliphatic rings. The van der Waals surface area contributed by atoms with Crippen molar-refractivity contribution in [3.8, 4) is 0 Å². The third-order valence-corrected chi connectivity index (χ3v) is 2.11. The van der Waals surface area contributed by atoms with E-state index in [4.69, 9.17) is 0 Å². The van der Waals surface area contributed by atoms with Crippen LogP contribution < -0.4 is 4.90 Å². The molecular formula is C9H6F4N4. The average molecular weight is 246 g/mol. The number of nitrogens with zero attached hydrogens (tertiary/aromatic N) is 4. The molecule has 0 fully saturated rings. The Bertz CT molecular complexity index is 526. The van der Waals surface area contributed by atoms with Crippen LogP contribution in [0.5, 0.6) is 0 Å². The van der Waals surface area contributed by atoms with Crippen molar-refractivity contribution < 1.29 is 17.6 Å². The van der Waals surface area contributed by atoms with E-state index in [9.17, 15) is 17.6 Å². The van der Waals surface area contributed by atoms with Gasteiger partial charge in [-0.1, -0.05) is 0 Å². The van der Waals surface area contributed by atoms with Crippen molar-refractivity contribution in [1.82, 2.24) is 9.97 Å². The number of anilines is 1. The van der Waals surface area contributed by atoms with Gasteiger partial charge in [-0.25, -0.2) is 9.37 Å². The van der Waals surface area contributed by atoms with Gasteiger partial charge >= 0.3 is 6.08 Å². The SMILES string of the molecule is Cc1cnc(F)nc1N1CC(F)=C(F)N=C1F. The van der Waals surface area contributed by atoms with E-state index < -0.39 is 30.5 Å². The minimum atomic E-state index is -1.52. The number of halogens is 4. The lowest BCUT2D eigenvalue weighted by Crippen LogP contribution is -2.33. The number of aromatic nitrogens is 2. The summed E-state index contributed by atoms with van der Waals surface area (Å²) in [5.74, 6) is -2.96. The van der Waals surface area contributed by atoms with E-state index in [0.717, 1.165) is 6.20 Å². The minimum Gasteiger partial charge on any atom is -0.279 e. The fourth-order valence-electron chi connectivity index (χ4n) is 1.32. The molecule has 0 spiro atoms. The Labute approximate surface area is 93.3 Å². The molecule has 2 rings (SSSR count). The summed E-state index contributed by atoms with van der Waals surface area (Å²) in [5.41, 5.74) is 0.312. The van der Waals surface area contributed by atoms with Crippen molar-refractivity contribution in [3.63, 3.8) is 0 Å². The first-order valence-electron chi connectivity index (χ1n) is 4.54. The molecular weight excluding hydrogens is 240 g/mol. The fraction of sp³-hybridized carbons (Fsp3) is 0.222. The summed E-state index contributed by atoms with van der Waals surface area (Å²) in [5, 5.41) is 0. The summed E-state index contributed by atoms with van der Waals surface area (Å²) in [6, 6.07) is 0. The highest BCUT2D eigenvalue weighted by molar-refractivity contribution is 5.92. The molecule has 0 saturated heterocycles. The molecule has 0 atom stereocenters. The van der Waals surface area contributed by atoms with E-state index in [-0.39, 0.29) is 5.82 Å². The molecule has 0 bridgehead atoms. The van der Waals surface area contributed by atoms with E-state index in [0.29, 0.717) is 10.5 Å². The second-order valence-electron chi connectivity index (χ2n) is 3.31. The van der Waals surface area contributed by atoms with Gasteiger partial charge in [-0.05, 0) is 6.92 Å². The summed E-state index contributed by atoms with van der Waals surface area (Å²) < 4.78 is 51.7. The van der Waals surface area contributed by atoms with Crippen LogP contribution in [0, 0.1) is 13.0 Å². The Kier molecular flexibility index (Phi) is 2.78. The molecule has 8 heteroatoms. The van der Waals surface area contributed by atoms with Crippen LogP contribution in [-0.4, -0.2) is 22.6 Å². The van der Waals surface area contributed by atoms with Crippen LogP contribution in [0.25, 0.3) is 0 Å². The van der Waals surface area contributed by atoms with Gasteiger partial charge in [0.15, 0.2) is 5.83 Å². The lowest BCUT2D eigenvalue weighted by Gasteiger charge is -2.23. The number of aryl methyl sites for hydroxylation is 1. The van der Waals surface area contributed by atoms with Gasteiger partial charge < -0.3 is 0 Å². The molecule has 4 nitrogen and oxygen atoms in total. The molecule has 0 aliphatic carbocycles. The van der Waals surface area contributed by atoms with Crippen LogP contribution in [0.1, 0.15) is 5.56 Å². The van der Waals surface area contributed by atoms with Crippen LogP contribution in [0.4, 0.5) is 23.4 Å². The molecule has 0 saturated carbocycles. The quantitative estimate of drug-likeness (QED) is 0.433. The van der Waals surface area contributed by atoms with Gasteiger partial charge in [0.1, 0.15) is 5.82 Å². The molecule has 0 N–H and O–H groups in total. The summed E-state index contributed by atoms with van der Waals surface area (Å²) >= 11 is 0. The van der Waals surface area contributed by atoms with Gasteiger partial charge in [-0.3, -0.25) is 4.90 Å². The molecule has 0 unspecified atom stereocenters. The maximum atomic E-state index is 13.3. The molecule has 1 aliphatic heterocycles. The van der Waals surface area contributed by atoms with E-state index in [1.807, 2.05) is 0 Å². The lowest BCUT2D eigenvalue weighted by molar-refractivity contribution is 0.498. The smallest absolute Gasteiger partial charge is 0.279 e. The summed E-state index contributed by atoms with van der Waals surface area (Å²) in [4.78, 5) is 9.92. The molecule has 0 aromatic carbocycles. The fourth-order valence-corrected chi connectivity index (χ4v) is 1.32. The van der Waals surface area contributed by atoms with Crippen LogP contribution in [0.15, 0.2) is 23.0 Å². The normalized spacial score (nSPS) is 16.3. The maximum Gasteiger partial charge on any atom is 0.310 e. The highest BCUT2D eigenvalue weighted by atomic mass is 19.2. The van der Waals surface area contributed by atoms with E-state index in [2.05, 4.69) is 15.0 Å². The van der Waals surface area contributed by atoms with Crippen LogP contribution in [0.2, 0.25) is 0 Å². The molecule has 90 valence electrons. The number of aliphatic imine (C=N–C) groups is 1. The molecule has 0 amide bonds. The van der Waals surface area contributed by atoms with Crippen molar-refractivity contribution in [2.75, 3.05) is 11.4 Å². The Morgan fingerprint density at radius 1 is 1.24 bits per heavy atom. The van der Waals surface area contributed by atoms with E-state index in [1.165, 1.54) is 6.92 Å². The maximum absolute atomic E-state index is 13.3. The Balaban J connectivity index is 2.43. The van der Waals surface area contributed by atoms with Crippen molar-refractivity contribution in [1.29, 1.82) is 0 Å². The van der Waals surface area contributed by atoms with Crippen LogP contribution >= 0.6 is 0 Å². The lowest BCUT2D eigenvalue weighted by atomic mass is 10.3. The first kappa shape index (κ1) is 11.5. The predicted molar refractivity (Wildman–Crippen MR) is 51.9 cm³/mol. The monoisotopic (exact) mass is 246 g/mol. The highest BCUT2D eigenvalue weighted by Gasteiger charge is 2.26. The van der Waals surface area contributed by atoms with Gasteiger partial charge in [0, 0.05) is 11.8 Å². The second-order valence-corrected chi connectivity index (χ2v) is 3.31. The summed E-state index contributed by atoms with van der Waals surface area (Å²) in [6.07, 6.45) is -1.27. The molecule has 2 heterocycles. The third-order valence-electron chi connectivity index (χ3n) is 2.11. The van der Waals surface area contributed by atoms with E-state index >= 15 is 0 Å². The summed E-state index contributed by atoms with van der Waals surface area (Å²) in [7, 11) is 0.